The van der Waals surface area contributed by atoms with Gasteiger partial charge in [-0.05, 0) is 45.0 Å². The minimum absolute atomic E-state index is 0.0126. The molecule has 1 aliphatic carbocycles. The summed E-state index contributed by atoms with van der Waals surface area (Å²) in [6, 6.07) is 7.51. The molecular weight excluding hydrogens is 370 g/mol. The second-order valence-corrected chi connectivity index (χ2v) is 8.41. The molecule has 0 saturated heterocycles. The maximum absolute atomic E-state index is 12.4. The molecule has 1 atom stereocenters. The highest BCUT2D eigenvalue weighted by Crippen LogP contribution is 2.27. The molecule has 2 rings (SSSR count). The van der Waals surface area contributed by atoms with Crippen molar-refractivity contribution in [3.05, 3.63) is 29.8 Å². The molecule has 146 valence electrons. The van der Waals surface area contributed by atoms with Crippen molar-refractivity contribution in [3.8, 4) is 6.07 Å². The van der Waals surface area contributed by atoms with E-state index in [2.05, 4.69) is 16.1 Å². The fraction of sp³-hybridized carbons (Fsp3) is 0.500. The molecule has 0 spiro atoms. The molecule has 2 N–H and O–H groups in total. The Morgan fingerprint density at radius 1 is 1.26 bits per heavy atom. The maximum Gasteiger partial charge on any atom is 0.338 e. The van der Waals surface area contributed by atoms with Gasteiger partial charge in [-0.15, -0.1) is 0 Å². The Labute approximate surface area is 158 Å². The van der Waals surface area contributed by atoms with Gasteiger partial charge >= 0.3 is 5.97 Å². The van der Waals surface area contributed by atoms with Gasteiger partial charge in [0.25, 0.3) is 5.91 Å². The van der Waals surface area contributed by atoms with Crippen molar-refractivity contribution in [1.82, 2.24) is 10.0 Å². The highest BCUT2D eigenvalue weighted by atomic mass is 32.2. The van der Waals surface area contributed by atoms with Gasteiger partial charge in [-0.25, -0.2) is 17.9 Å². The predicted octanol–water partition coefficient (Wildman–Crippen LogP) is 1.48. The van der Waals surface area contributed by atoms with Gasteiger partial charge in [-0.1, -0.05) is 25.3 Å². The minimum atomic E-state index is -3.70. The second-order valence-electron chi connectivity index (χ2n) is 6.53. The van der Waals surface area contributed by atoms with Crippen LogP contribution in [-0.2, 0) is 19.6 Å². The van der Waals surface area contributed by atoms with E-state index in [0.717, 1.165) is 19.3 Å². The fourth-order valence-corrected chi connectivity index (χ4v) is 3.72. The highest BCUT2D eigenvalue weighted by Gasteiger charge is 2.35. The lowest BCUT2D eigenvalue weighted by Gasteiger charge is -2.32. The molecular formula is C18H23N3O5S. The van der Waals surface area contributed by atoms with Crippen LogP contribution in [0.3, 0.4) is 0 Å². The fourth-order valence-electron chi connectivity index (χ4n) is 2.95. The van der Waals surface area contributed by atoms with Gasteiger partial charge in [-0.2, -0.15) is 5.26 Å². The summed E-state index contributed by atoms with van der Waals surface area (Å²) in [5, 5.41) is 12.1. The van der Waals surface area contributed by atoms with E-state index in [-0.39, 0.29) is 10.5 Å². The minimum Gasteiger partial charge on any atom is -0.449 e. The Kier molecular flexibility index (Phi) is 6.57. The van der Waals surface area contributed by atoms with Crippen LogP contribution in [0.5, 0.6) is 0 Å². The van der Waals surface area contributed by atoms with Gasteiger partial charge in [-0.3, -0.25) is 4.79 Å². The lowest BCUT2D eigenvalue weighted by atomic mass is 9.83. The monoisotopic (exact) mass is 393 g/mol. The van der Waals surface area contributed by atoms with Gasteiger partial charge in [0, 0.05) is 0 Å². The smallest absolute Gasteiger partial charge is 0.338 e. The summed E-state index contributed by atoms with van der Waals surface area (Å²) in [7, 11) is -2.44. The van der Waals surface area contributed by atoms with Crippen molar-refractivity contribution >= 4 is 21.9 Å². The largest absolute Gasteiger partial charge is 0.449 e. The summed E-state index contributed by atoms with van der Waals surface area (Å²) in [5.41, 5.74) is -0.907. The van der Waals surface area contributed by atoms with Crippen LogP contribution in [0.25, 0.3) is 0 Å². The number of nitriles is 1. The molecule has 1 amide bonds. The van der Waals surface area contributed by atoms with Gasteiger partial charge in [0.2, 0.25) is 10.0 Å². The van der Waals surface area contributed by atoms with Crippen LogP contribution in [0.15, 0.2) is 29.2 Å². The van der Waals surface area contributed by atoms with Gasteiger partial charge in [0.15, 0.2) is 6.10 Å². The lowest BCUT2D eigenvalue weighted by Crippen LogP contribution is -2.52. The van der Waals surface area contributed by atoms with Crippen LogP contribution in [0.4, 0.5) is 0 Å². The molecule has 1 aliphatic rings. The first kappa shape index (κ1) is 20.9. The molecule has 9 heteroatoms. The number of carbonyl (C=O) groups excluding carboxylic acids is 2. The first-order valence-electron chi connectivity index (χ1n) is 8.71. The van der Waals surface area contributed by atoms with Crippen LogP contribution < -0.4 is 10.0 Å². The molecule has 27 heavy (non-hydrogen) atoms. The van der Waals surface area contributed by atoms with Crippen molar-refractivity contribution < 1.29 is 22.7 Å². The van der Waals surface area contributed by atoms with Crippen molar-refractivity contribution in [2.75, 3.05) is 7.05 Å². The first-order valence-corrected chi connectivity index (χ1v) is 10.2. The van der Waals surface area contributed by atoms with Crippen LogP contribution in [-0.4, -0.2) is 39.0 Å². The Bertz CT molecular complexity index is 854. The number of esters is 1. The summed E-state index contributed by atoms with van der Waals surface area (Å²) < 4.78 is 31.0. The van der Waals surface area contributed by atoms with Crippen LogP contribution >= 0.6 is 0 Å². The molecule has 0 unspecified atom stereocenters. The summed E-state index contributed by atoms with van der Waals surface area (Å²) in [5.74, 6) is -1.37. The van der Waals surface area contributed by atoms with E-state index >= 15 is 0 Å². The van der Waals surface area contributed by atoms with E-state index in [1.165, 1.54) is 38.2 Å². The number of rotatable bonds is 6. The molecule has 1 aromatic carbocycles. The van der Waals surface area contributed by atoms with Crippen molar-refractivity contribution in [1.29, 1.82) is 5.26 Å². The maximum atomic E-state index is 12.4. The number of hydrogen-bond acceptors (Lipinski definition) is 6. The number of ether oxygens (including phenoxy) is 1. The first-order chi connectivity index (χ1) is 12.7. The summed E-state index contributed by atoms with van der Waals surface area (Å²) in [4.78, 5) is 24.6. The Hall–Kier alpha value is -2.44. The number of carbonyl (C=O) groups is 2. The van der Waals surface area contributed by atoms with Gasteiger partial charge < -0.3 is 10.1 Å². The van der Waals surface area contributed by atoms with Crippen molar-refractivity contribution in [2.24, 2.45) is 0 Å². The third kappa shape index (κ3) is 5.05. The van der Waals surface area contributed by atoms with E-state index in [0.29, 0.717) is 12.8 Å². The zero-order valence-corrected chi connectivity index (χ0v) is 16.1. The van der Waals surface area contributed by atoms with E-state index in [9.17, 15) is 23.3 Å². The average molecular weight is 393 g/mol. The van der Waals surface area contributed by atoms with Crippen LogP contribution in [0, 0.1) is 11.3 Å². The number of nitrogens with zero attached hydrogens (tertiary/aromatic N) is 1. The van der Waals surface area contributed by atoms with Gasteiger partial charge in [0.1, 0.15) is 5.54 Å². The third-order valence-corrected chi connectivity index (χ3v) is 6.00. The number of amides is 1. The summed E-state index contributed by atoms with van der Waals surface area (Å²) in [6.45, 7) is 1.41. The third-order valence-electron chi connectivity index (χ3n) is 4.59. The Morgan fingerprint density at radius 3 is 2.52 bits per heavy atom. The normalized spacial score (nSPS) is 17.4. The van der Waals surface area contributed by atoms with Gasteiger partial charge in [0.05, 0.1) is 16.5 Å². The highest BCUT2D eigenvalue weighted by molar-refractivity contribution is 7.89. The van der Waals surface area contributed by atoms with Crippen molar-refractivity contribution in [2.45, 2.75) is 55.6 Å². The number of nitrogens with one attached hydrogen (secondary N) is 2. The lowest BCUT2D eigenvalue weighted by molar-refractivity contribution is -0.130. The number of hydrogen-bond donors (Lipinski definition) is 2. The standard InChI is InChI=1S/C18H23N3O5S/c1-13(16(22)21-18(12-19)9-4-3-5-10-18)26-17(23)14-7-6-8-15(11-14)27(24,25)20-2/h6-8,11,13,20H,3-5,9-10H2,1-2H3,(H,21,22)/t13-/m1/s1. The summed E-state index contributed by atoms with van der Waals surface area (Å²) in [6.07, 6.45) is 2.76. The second kappa shape index (κ2) is 8.50. The SMILES string of the molecule is CNS(=O)(=O)c1cccc(C(=O)O[C@H](C)C(=O)NC2(C#N)CCCCC2)c1. The van der Waals surface area contributed by atoms with E-state index in [4.69, 9.17) is 4.74 Å². The molecule has 1 aromatic rings. The Balaban J connectivity index is 2.06. The molecule has 0 aliphatic heterocycles. The van der Waals surface area contributed by atoms with Crippen molar-refractivity contribution in [3.63, 3.8) is 0 Å². The molecule has 1 saturated carbocycles. The van der Waals surface area contributed by atoms with E-state index in [1.54, 1.807) is 0 Å². The summed E-state index contributed by atoms with van der Waals surface area (Å²) >= 11 is 0. The molecule has 8 nitrogen and oxygen atoms in total. The quantitative estimate of drug-likeness (QED) is 0.705. The average Bonchev–Trinajstić information content (AvgIpc) is 2.68. The van der Waals surface area contributed by atoms with Crippen LogP contribution in [0.1, 0.15) is 49.4 Å². The molecule has 0 aromatic heterocycles. The Morgan fingerprint density at radius 2 is 1.93 bits per heavy atom. The molecule has 0 bridgehead atoms. The topological polar surface area (TPSA) is 125 Å². The molecule has 1 fully saturated rings. The van der Waals surface area contributed by atoms with E-state index in [1.807, 2.05) is 0 Å². The molecule has 0 radical (unpaired) electrons. The number of sulfonamides is 1. The zero-order chi connectivity index (χ0) is 20.1. The molecule has 0 heterocycles. The predicted molar refractivity (Wildman–Crippen MR) is 97.1 cm³/mol. The van der Waals surface area contributed by atoms with E-state index < -0.39 is 33.5 Å². The number of benzene rings is 1. The van der Waals surface area contributed by atoms with Crippen LogP contribution in [0.2, 0.25) is 0 Å². The zero-order valence-electron chi connectivity index (χ0n) is 15.3.